The zero-order valence-corrected chi connectivity index (χ0v) is 13.4. The molecule has 1 aromatic rings. The molecule has 0 heterocycles. The van der Waals surface area contributed by atoms with Crippen LogP contribution in [0.4, 0.5) is 4.79 Å². The molecule has 0 saturated heterocycles. The zero-order valence-electron chi connectivity index (χ0n) is 13.4. The van der Waals surface area contributed by atoms with Crippen molar-refractivity contribution >= 4 is 12.1 Å². The molecule has 1 rings (SSSR count). The standard InChI is InChI=1S/C17H21NO4/c1-17(2,3)22-16(20)18-11-5-6-13-7-9-14(10-8-13)12-15(19)21-4/h7-10H,6,12H2,1-4H3,(H,18,20). The van der Waals surface area contributed by atoms with Gasteiger partial charge < -0.3 is 9.47 Å². The Morgan fingerprint density at radius 2 is 1.73 bits per heavy atom. The quantitative estimate of drug-likeness (QED) is 0.529. The third-order valence-electron chi connectivity index (χ3n) is 2.54. The van der Waals surface area contributed by atoms with Gasteiger partial charge >= 0.3 is 12.1 Å². The summed E-state index contributed by atoms with van der Waals surface area (Å²) in [5.41, 5.74) is 1.34. The largest absolute Gasteiger partial charge is 0.469 e. The van der Waals surface area contributed by atoms with E-state index < -0.39 is 11.7 Å². The summed E-state index contributed by atoms with van der Waals surface area (Å²) in [7, 11) is 1.37. The molecule has 0 spiro atoms. The van der Waals surface area contributed by atoms with E-state index in [1.165, 1.54) is 7.11 Å². The molecule has 1 amide bonds. The molecule has 0 radical (unpaired) electrons. The summed E-state index contributed by atoms with van der Waals surface area (Å²) in [6.07, 6.45) is 0.185. The third-order valence-corrected chi connectivity index (χ3v) is 2.54. The van der Waals surface area contributed by atoms with Gasteiger partial charge in [0, 0.05) is 12.5 Å². The van der Waals surface area contributed by atoms with Crippen LogP contribution in [0, 0.1) is 12.0 Å². The van der Waals surface area contributed by atoms with Crippen molar-refractivity contribution in [3.63, 3.8) is 0 Å². The van der Waals surface area contributed by atoms with Crippen molar-refractivity contribution in [2.24, 2.45) is 0 Å². The maximum atomic E-state index is 11.4. The van der Waals surface area contributed by atoms with Gasteiger partial charge in [0.15, 0.2) is 0 Å². The molecule has 118 valence electrons. The minimum absolute atomic E-state index is 0.253. The van der Waals surface area contributed by atoms with E-state index in [-0.39, 0.29) is 12.4 Å². The smallest absolute Gasteiger partial charge is 0.419 e. The Labute approximate surface area is 131 Å². The normalized spacial score (nSPS) is 10.2. The number of amides is 1. The fourth-order valence-electron chi connectivity index (χ4n) is 1.56. The lowest BCUT2D eigenvalue weighted by Crippen LogP contribution is -2.29. The summed E-state index contributed by atoms with van der Waals surface area (Å²) in [5.74, 6) is 2.57. The van der Waals surface area contributed by atoms with Crippen molar-refractivity contribution in [1.29, 1.82) is 0 Å². The Kier molecular flexibility index (Phi) is 6.46. The van der Waals surface area contributed by atoms with Gasteiger partial charge in [-0.3, -0.25) is 4.79 Å². The first-order valence-electron chi connectivity index (χ1n) is 6.91. The second-order valence-corrected chi connectivity index (χ2v) is 5.67. The molecule has 0 aliphatic heterocycles. The Morgan fingerprint density at radius 1 is 1.14 bits per heavy atom. The van der Waals surface area contributed by atoms with E-state index in [1.54, 1.807) is 20.8 Å². The van der Waals surface area contributed by atoms with Crippen molar-refractivity contribution in [2.45, 2.75) is 39.2 Å². The Hall–Kier alpha value is -2.48. The second kappa shape index (κ2) is 8.08. The minimum atomic E-state index is -0.562. The molecule has 1 aromatic carbocycles. The third kappa shape index (κ3) is 7.34. The molecule has 0 bridgehead atoms. The summed E-state index contributed by atoms with van der Waals surface area (Å²) in [4.78, 5) is 22.5. The van der Waals surface area contributed by atoms with Gasteiger partial charge in [-0.1, -0.05) is 30.2 Å². The highest BCUT2D eigenvalue weighted by molar-refractivity contribution is 5.72. The first-order chi connectivity index (χ1) is 10.3. The summed E-state index contributed by atoms with van der Waals surface area (Å²) >= 11 is 0. The van der Waals surface area contributed by atoms with Gasteiger partial charge in [-0.25, -0.2) is 10.1 Å². The number of carbonyl (C=O) groups excluding carboxylic acids is 2. The van der Waals surface area contributed by atoms with Crippen LogP contribution in [-0.4, -0.2) is 24.8 Å². The molecule has 5 nitrogen and oxygen atoms in total. The van der Waals surface area contributed by atoms with Gasteiger partial charge in [0.2, 0.25) is 0 Å². The first-order valence-corrected chi connectivity index (χ1v) is 6.91. The van der Waals surface area contributed by atoms with Crippen molar-refractivity contribution < 1.29 is 19.1 Å². The number of hydrogen-bond donors (Lipinski definition) is 1. The molecule has 0 saturated carbocycles. The lowest BCUT2D eigenvalue weighted by Gasteiger charge is -2.18. The highest BCUT2D eigenvalue weighted by Crippen LogP contribution is 2.07. The van der Waals surface area contributed by atoms with Gasteiger partial charge in [-0.15, -0.1) is 0 Å². The molecule has 0 aromatic heterocycles. The van der Waals surface area contributed by atoms with Gasteiger partial charge in [0.25, 0.3) is 0 Å². The van der Waals surface area contributed by atoms with Crippen molar-refractivity contribution in [3.05, 3.63) is 35.4 Å². The van der Waals surface area contributed by atoms with E-state index in [0.717, 1.165) is 11.1 Å². The molecule has 0 atom stereocenters. The van der Waals surface area contributed by atoms with E-state index in [1.807, 2.05) is 24.3 Å². The fourth-order valence-corrected chi connectivity index (χ4v) is 1.56. The number of hydrogen-bond acceptors (Lipinski definition) is 4. The number of methoxy groups -OCH3 is 1. The van der Waals surface area contributed by atoms with Crippen LogP contribution in [0.15, 0.2) is 24.3 Å². The summed E-state index contributed by atoms with van der Waals surface area (Å²) in [5, 5.41) is 2.37. The average Bonchev–Trinajstić information content (AvgIpc) is 2.43. The highest BCUT2D eigenvalue weighted by Gasteiger charge is 2.14. The SMILES string of the molecule is COC(=O)Cc1ccc(CC#CNC(=O)OC(C)(C)C)cc1. The number of carbonyl (C=O) groups is 2. The van der Waals surface area contributed by atoms with Crippen LogP contribution in [0.2, 0.25) is 0 Å². The molecule has 0 aliphatic rings. The van der Waals surface area contributed by atoms with E-state index >= 15 is 0 Å². The van der Waals surface area contributed by atoms with Gasteiger partial charge in [0.1, 0.15) is 5.60 Å². The average molecular weight is 303 g/mol. The molecule has 5 heteroatoms. The van der Waals surface area contributed by atoms with Gasteiger partial charge in [-0.2, -0.15) is 0 Å². The molecule has 22 heavy (non-hydrogen) atoms. The molecule has 0 fully saturated rings. The van der Waals surface area contributed by atoms with E-state index in [2.05, 4.69) is 22.0 Å². The molecule has 1 N–H and O–H groups in total. The van der Waals surface area contributed by atoms with Crippen molar-refractivity contribution in [3.8, 4) is 12.0 Å². The Morgan fingerprint density at radius 3 is 2.27 bits per heavy atom. The fraction of sp³-hybridized carbons (Fsp3) is 0.412. The predicted molar refractivity (Wildman–Crippen MR) is 83.0 cm³/mol. The van der Waals surface area contributed by atoms with Crippen molar-refractivity contribution in [2.75, 3.05) is 7.11 Å². The number of rotatable bonds is 3. The maximum Gasteiger partial charge on any atom is 0.419 e. The number of esters is 1. The Balaban J connectivity index is 2.44. The van der Waals surface area contributed by atoms with Crippen LogP contribution in [0.1, 0.15) is 31.9 Å². The summed E-state index contributed by atoms with van der Waals surface area (Å²) < 4.78 is 9.66. The highest BCUT2D eigenvalue weighted by atomic mass is 16.6. The van der Waals surface area contributed by atoms with Crippen LogP contribution < -0.4 is 5.32 Å². The minimum Gasteiger partial charge on any atom is -0.469 e. The van der Waals surface area contributed by atoms with Crippen molar-refractivity contribution in [1.82, 2.24) is 5.32 Å². The predicted octanol–water partition coefficient (Wildman–Crippen LogP) is 2.43. The van der Waals surface area contributed by atoms with E-state index in [9.17, 15) is 9.59 Å². The second-order valence-electron chi connectivity index (χ2n) is 5.67. The summed E-state index contributed by atoms with van der Waals surface area (Å²) in [6, 6.07) is 10.1. The molecule has 0 aliphatic carbocycles. The molecular formula is C17H21NO4. The molecular weight excluding hydrogens is 282 g/mol. The van der Waals surface area contributed by atoms with Crippen LogP contribution in [0.25, 0.3) is 0 Å². The van der Waals surface area contributed by atoms with Crippen LogP contribution in [0.3, 0.4) is 0 Å². The van der Waals surface area contributed by atoms with Gasteiger partial charge in [-0.05, 0) is 31.9 Å². The Bertz CT molecular complexity index is 573. The maximum absolute atomic E-state index is 11.4. The zero-order chi connectivity index (χ0) is 16.6. The lowest BCUT2D eigenvalue weighted by molar-refractivity contribution is -0.139. The van der Waals surface area contributed by atoms with Gasteiger partial charge in [0.05, 0.1) is 13.5 Å². The van der Waals surface area contributed by atoms with Crippen LogP contribution in [-0.2, 0) is 27.1 Å². The monoisotopic (exact) mass is 303 g/mol. The molecule has 0 unspecified atom stereocenters. The topological polar surface area (TPSA) is 64.6 Å². The number of benzene rings is 1. The number of ether oxygens (including phenoxy) is 2. The number of nitrogens with one attached hydrogen (secondary N) is 1. The van der Waals surface area contributed by atoms with E-state index in [0.29, 0.717) is 6.42 Å². The lowest BCUT2D eigenvalue weighted by atomic mass is 10.1. The number of alkyl carbamates (subject to hydrolysis) is 1. The van der Waals surface area contributed by atoms with Crippen LogP contribution >= 0.6 is 0 Å². The van der Waals surface area contributed by atoms with Crippen LogP contribution in [0.5, 0.6) is 0 Å². The summed E-state index contributed by atoms with van der Waals surface area (Å²) in [6.45, 7) is 5.36. The van der Waals surface area contributed by atoms with E-state index in [4.69, 9.17) is 4.74 Å². The first kappa shape index (κ1) is 17.6.